The molecular weight excluding hydrogens is 272 g/mol. The molecular formula is C16H11ClN2O. The fraction of sp³-hybridized carbons (Fsp3) is 0. The molecule has 0 fully saturated rings. The van der Waals surface area contributed by atoms with E-state index in [1.165, 1.54) is 0 Å². The van der Waals surface area contributed by atoms with Gasteiger partial charge in [0.25, 0.3) is 5.91 Å². The van der Waals surface area contributed by atoms with Crippen LogP contribution in [0, 0.1) is 0 Å². The van der Waals surface area contributed by atoms with Gasteiger partial charge < -0.3 is 5.32 Å². The first-order valence-electron chi connectivity index (χ1n) is 6.15. The number of carbonyl (C=O) groups is 1. The molecule has 0 aromatic heterocycles. The Bertz CT molecular complexity index is 703. The van der Waals surface area contributed by atoms with Gasteiger partial charge in [0.15, 0.2) is 0 Å². The highest BCUT2D eigenvalue weighted by Gasteiger charge is 2.20. The Morgan fingerprint density at radius 3 is 2.40 bits per heavy atom. The van der Waals surface area contributed by atoms with Crippen molar-refractivity contribution < 1.29 is 4.79 Å². The number of aliphatic imine (C=N–C) groups is 1. The molecule has 2 aromatic rings. The molecule has 0 saturated carbocycles. The lowest BCUT2D eigenvalue weighted by Gasteiger charge is -1.98. The molecule has 1 aliphatic heterocycles. The van der Waals surface area contributed by atoms with Crippen molar-refractivity contribution in [2.45, 2.75) is 0 Å². The van der Waals surface area contributed by atoms with Gasteiger partial charge in [0.2, 0.25) is 0 Å². The van der Waals surface area contributed by atoms with E-state index in [0.29, 0.717) is 16.6 Å². The van der Waals surface area contributed by atoms with Crippen molar-refractivity contribution in [3.05, 3.63) is 76.4 Å². The minimum absolute atomic E-state index is 0.196. The van der Waals surface area contributed by atoms with Crippen LogP contribution in [0.5, 0.6) is 0 Å². The molecule has 20 heavy (non-hydrogen) atoms. The summed E-state index contributed by atoms with van der Waals surface area (Å²) >= 11 is 5.83. The first-order valence-corrected chi connectivity index (χ1v) is 6.53. The summed E-state index contributed by atoms with van der Waals surface area (Å²) in [6.07, 6.45) is 1.74. The summed E-state index contributed by atoms with van der Waals surface area (Å²) in [5, 5.41) is 3.43. The Balaban J connectivity index is 1.92. The van der Waals surface area contributed by atoms with Gasteiger partial charge >= 0.3 is 0 Å². The third kappa shape index (κ3) is 2.63. The van der Waals surface area contributed by atoms with E-state index in [1.54, 1.807) is 18.2 Å². The van der Waals surface area contributed by atoms with Crippen molar-refractivity contribution in [1.29, 1.82) is 0 Å². The molecule has 3 nitrogen and oxygen atoms in total. The number of amidine groups is 1. The van der Waals surface area contributed by atoms with Crippen LogP contribution < -0.4 is 5.32 Å². The zero-order valence-corrected chi connectivity index (χ0v) is 11.3. The van der Waals surface area contributed by atoms with E-state index in [4.69, 9.17) is 11.6 Å². The van der Waals surface area contributed by atoms with E-state index in [2.05, 4.69) is 10.3 Å². The average molecular weight is 283 g/mol. The number of nitrogens with one attached hydrogen (secondary N) is 1. The fourth-order valence-corrected chi connectivity index (χ4v) is 2.04. The second-order valence-corrected chi connectivity index (χ2v) is 4.80. The standard InChI is InChI=1S/C16H11ClN2O/c17-13-8-6-11(7-9-13)10-14-16(20)19-15(18-14)12-4-2-1-3-5-12/h1-10H,(H,18,19,20). The van der Waals surface area contributed by atoms with E-state index in [1.807, 2.05) is 42.5 Å². The number of hydrogen-bond acceptors (Lipinski definition) is 2. The largest absolute Gasteiger partial charge is 0.305 e. The van der Waals surface area contributed by atoms with E-state index >= 15 is 0 Å². The summed E-state index contributed by atoms with van der Waals surface area (Å²) in [7, 11) is 0. The molecule has 0 saturated heterocycles. The normalized spacial score (nSPS) is 16.1. The van der Waals surface area contributed by atoms with Gasteiger partial charge in [-0.1, -0.05) is 54.1 Å². The zero-order chi connectivity index (χ0) is 13.9. The van der Waals surface area contributed by atoms with E-state index in [9.17, 15) is 4.79 Å². The molecule has 98 valence electrons. The first kappa shape index (κ1) is 12.6. The molecule has 0 spiro atoms. The van der Waals surface area contributed by atoms with Gasteiger partial charge in [-0.3, -0.25) is 4.79 Å². The Morgan fingerprint density at radius 1 is 1.00 bits per heavy atom. The van der Waals surface area contributed by atoms with Crippen LogP contribution in [0.2, 0.25) is 5.02 Å². The van der Waals surface area contributed by atoms with Gasteiger partial charge in [-0.2, -0.15) is 0 Å². The van der Waals surface area contributed by atoms with Gasteiger partial charge in [-0.25, -0.2) is 4.99 Å². The molecule has 0 radical (unpaired) electrons. The highest BCUT2D eigenvalue weighted by atomic mass is 35.5. The average Bonchev–Trinajstić information content (AvgIpc) is 2.84. The van der Waals surface area contributed by atoms with Crippen molar-refractivity contribution >= 4 is 29.4 Å². The third-order valence-electron chi connectivity index (χ3n) is 2.92. The van der Waals surface area contributed by atoms with Crippen LogP contribution >= 0.6 is 11.6 Å². The molecule has 0 unspecified atom stereocenters. The molecule has 1 N–H and O–H groups in total. The predicted molar refractivity (Wildman–Crippen MR) is 80.6 cm³/mol. The maximum absolute atomic E-state index is 11.9. The molecule has 4 heteroatoms. The summed E-state index contributed by atoms with van der Waals surface area (Å²) < 4.78 is 0. The predicted octanol–water partition coefficient (Wildman–Crippen LogP) is 3.26. The van der Waals surface area contributed by atoms with Crippen LogP contribution in [0.15, 0.2) is 65.3 Å². The summed E-state index contributed by atoms with van der Waals surface area (Å²) in [6, 6.07) is 16.8. The van der Waals surface area contributed by atoms with Gasteiger partial charge in [-0.05, 0) is 23.8 Å². The van der Waals surface area contributed by atoms with E-state index < -0.39 is 0 Å². The van der Waals surface area contributed by atoms with Crippen molar-refractivity contribution in [2.24, 2.45) is 4.99 Å². The second-order valence-electron chi connectivity index (χ2n) is 4.36. The Labute approximate surface area is 121 Å². The molecule has 2 aromatic carbocycles. The molecule has 1 heterocycles. The molecule has 0 atom stereocenters. The van der Waals surface area contributed by atoms with Crippen molar-refractivity contribution in [3.8, 4) is 0 Å². The van der Waals surface area contributed by atoms with Crippen LogP contribution in [0.4, 0.5) is 0 Å². The van der Waals surface area contributed by atoms with Crippen molar-refractivity contribution in [2.75, 3.05) is 0 Å². The van der Waals surface area contributed by atoms with Gasteiger partial charge in [-0.15, -0.1) is 0 Å². The van der Waals surface area contributed by atoms with E-state index in [0.717, 1.165) is 11.1 Å². The highest BCUT2D eigenvalue weighted by molar-refractivity contribution is 6.30. The zero-order valence-electron chi connectivity index (χ0n) is 10.5. The fourth-order valence-electron chi connectivity index (χ4n) is 1.92. The Morgan fingerprint density at radius 2 is 1.70 bits per heavy atom. The second kappa shape index (κ2) is 5.31. The lowest BCUT2D eigenvalue weighted by molar-refractivity contribution is -0.115. The SMILES string of the molecule is O=C1NC(c2ccccc2)=NC1=Cc1ccc(Cl)cc1. The number of nitrogens with zero attached hydrogens (tertiary/aromatic N) is 1. The number of carbonyl (C=O) groups excluding carboxylic acids is 1. The summed E-state index contributed by atoms with van der Waals surface area (Å²) in [6.45, 7) is 0. The number of benzene rings is 2. The van der Waals surface area contributed by atoms with Crippen molar-refractivity contribution in [3.63, 3.8) is 0 Å². The molecule has 1 amide bonds. The maximum Gasteiger partial charge on any atom is 0.275 e. The summed E-state index contributed by atoms with van der Waals surface area (Å²) in [5.74, 6) is 0.384. The number of halogens is 1. The minimum Gasteiger partial charge on any atom is -0.305 e. The summed E-state index contributed by atoms with van der Waals surface area (Å²) in [5.41, 5.74) is 2.17. The van der Waals surface area contributed by atoms with Crippen LogP contribution in [0.3, 0.4) is 0 Å². The van der Waals surface area contributed by atoms with Crippen LogP contribution in [-0.4, -0.2) is 11.7 Å². The Kier molecular flexibility index (Phi) is 3.35. The molecule has 3 rings (SSSR count). The number of rotatable bonds is 2. The minimum atomic E-state index is -0.196. The lowest BCUT2D eigenvalue weighted by Crippen LogP contribution is -2.24. The first-order chi connectivity index (χ1) is 9.72. The quantitative estimate of drug-likeness (QED) is 0.844. The van der Waals surface area contributed by atoms with Crippen molar-refractivity contribution in [1.82, 2.24) is 5.32 Å². The molecule has 0 bridgehead atoms. The lowest BCUT2D eigenvalue weighted by atomic mass is 10.2. The molecule has 1 aliphatic rings. The number of amides is 1. The third-order valence-corrected chi connectivity index (χ3v) is 3.17. The molecule has 0 aliphatic carbocycles. The topological polar surface area (TPSA) is 41.5 Å². The van der Waals surface area contributed by atoms with Crippen LogP contribution in [0.1, 0.15) is 11.1 Å². The Hall–Kier alpha value is -2.39. The van der Waals surface area contributed by atoms with Gasteiger partial charge in [0.05, 0.1) is 0 Å². The van der Waals surface area contributed by atoms with Gasteiger partial charge in [0.1, 0.15) is 11.5 Å². The van der Waals surface area contributed by atoms with Crippen LogP contribution in [0.25, 0.3) is 6.08 Å². The highest BCUT2D eigenvalue weighted by Crippen LogP contribution is 2.16. The van der Waals surface area contributed by atoms with Crippen LogP contribution in [-0.2, 0) is 4.79 Å². The van der Waals surface area contributed by atoms with E-state index in [-0.39, 0.29) is 5.91 Å². The summed E-state index contributed by atoms with van der Waals surface area (Å²) in [4.78, 5) is 16.3. The van der Waals surface area contributed by atoms with Gasteiger partial charge in [0, 0.05) is 10.6 Å². The number of hydrogen-bond donors (Lipinski definition) is 1. The smallest absolute Gasteiger partial charge is 0.275 e. The monoisotopic (exact) mass is 282 g/mol. The maximum atomic E-state index is 11.9.